The topological polar surface area (TPSA) is 70.9 Å². The van der Waals surface area contributed by atoms with Gasteiger partial charge in [0.05, 0.1) is 6.61 Å². The number of hydrogen-bond acceptors (Lipinski definition) is 4. The maximum atomic E-state index is 11.4. The number of nitrogens with zero attached hydrogens (tertiary/aromatic N) is 1. The first-order valence-corrected chi connectivity index (χ1v) is 4.91. The average Bonchev–Trinajstić information content (AvgIpc) is 2.34. The number of amides is 1. The van der Waals surface area contributed by atoms with E-state index >= 15 is 0 Å². The number of hydrogen-bond donors (Lipinski definition) is 2. The molecule has 0 aliphatic heterocycles. The zero-order chi connectivity index (χ0) is 11.8. The molecule has 1 amide bonds. The molecule has 16 heavy (non-hydrogen) atoms. The van der Waals surface area contributed by atoms with Crippen LogP contribution in [-0.4, -0.2) is 24.0 Å². The maximum Gasteiger partial charge on any atom is 0.273 e. The molecule has 86 valence electrons. The van der Waals surface area contributed by atoms with E-state index in [-0.39, 0.29) is 0 Å². The largest absolute Gasteiger partial charge is 0.482 e. The fraction of sp³-hybridized carbons (Fsp3) is 0.273. The van der Waals surface area contributed by atoms with Crippen LogP contribution >= 0.6 is 0 Å². The summed E-state index contributed by atoms with van der Waals surface area (Å²) in [5.74, 6) is -0.595. The second kappa shape index (κ2) is 6.58. The summed E-state index contributed by atoms with van der Waals surface area (Å²) >= 11 is 0. The molecule has 5 heteroatoms. The Morgan fingerprint density at radius 1 is 1.56 bits per heavy atom. The van der Waals surface area contributed by atoms with Gasteiger partial charge in [-0.25, -0.2) is 5.43 Å². The molecule has 0 aliphatic carbocycles. The standard InChI is InChI=1S/C11H14N2O3/c1-2-16-8-12-13-11(15)10(14)9-6-4-3-5-7-9/h3-8,10,14H,2H2,1H3,(H,13,15)/b12-8+. The Morgan fingerprint density at radius 2 is 2.25 bits per heavy atom. The molecule has 0 heterocycles. The lowest BCUT2D eigenvalue weighted by molar-refractivity contribution is -0.129. The first kappa shape index (κ1) is 12.2. The van der Waals surface area contributed by atoms with Crippen molar-refractivity contribution in [2.75, 3.05) is 6.61 Å². The zero-order valence-corrected chi connectivity index (χ0v) is 8.96. The predicted octanol–water partition coefficient (Wildman–Crippen LogP) is 0.816. The number of carbonyl (C=O) groups is 1. The molecule has 0 spiro atoms. The third kappa shape index (κ3) is 3.70. The van der Waals surface area contributed by atoms with Crippen LogP contribution in [0, 0.1) is 0 Å². The average molecular weight is 222 g/mol. The van der Waals surface area contributed by atoms with Crippen LogP contribution in [0.5, 0.6) is 0 Å². The van der Waals surface area contributed by atoms with Gasteiger partial charge >= 0.3 is 0 Å². The fourth-order valence-corrected chi connectivity index (χ4v) is 1.05. The van der Waals surface area contributed by atoms with Crippen molar-refractivity contribution in [3.63, 3.8) is 0 Å². The van der Waals surface area contributed by atoms with Crippen molar-refractivity contribution in [2.45, 2.75) is 13.0 Å². The lowest BCUT2D eigenvalue weighted by atomic mass is 10.1. The van der Waals surface area contributed by atoms with Gasteiger partial charge < -0.3 is 9.84 Å². The summed E-state index contributed by atoms with van der Waals surface area (Å²) in [7, 11) is 0. The summed E-state index contributed by atoms with van der Waals surface area (Å²) in [4.78, 5) is 11.4. The Labute approximate surface area is 93.7 Å². The molecule has 1 unspecified atom stereocenters. The first-order valence-electron chi connectivity index (χ1n) is 4.91. The smallest absolute Gasteiger partial charge is 0.273 e. The van der Waals surface area contributed by atoms with Crippen molar-refractivity contribution < 1.29 is 14.6 Å². The minimum absolute atomic E-state index is 0.473. The van der Waals surface area contributed by atoms with E-state index in [0.717, 1.165) is 6.40 Å². The number of aliphatic hydroxyl groups is 1. The van der Waals surface area contributed by atoms with Crippen molar-refractivity contribution in [2.24, 2.45) is 5.10 Å². The van der Waals surface area contributed by atoms with Crippen LogP contribution in [-0.2, 0) is 9.53 Å². The van der Waals surface area contributed by atoms with Gasteiger partial charge in [-0.05, 0) is 12.5 Å². The van der Waals surface area contributed by atoms with Crippen molar-refractivity contribution in [3.05, 3.63) is 35.9 Å². The van der Waals surface area contributed by atoms with Gasteiger partial charge in [-0.15, -0.1) is 5.10 Å². The normalized spacial score (nSPS) is 12.4. The molecule has 1 rings (SSSR count). The van der Waals surface area contributed by atoms with Crippen LogP contribution in [0.3, 0.4) is 0 Å². The van der Waals surface area contributed by atoms with Crippen LogP contribution in [0.2, 0.25) is 0 Å². The highest BCUT2D eigenvalue weighted by atomic mass is 16.5. The Bertz CT molecular complexity index is 352. The summed E-state index contributed by atoms with van der Waals surface area (Å²) in [5.41, 5.74) is 2.69. The molecule has 5 nitrogen and oxygen atoms in total. The van der Waals surface area contributed by atoms with Crippen LogP contribution in [0.25, 0.3) is 0 Å². The van der Waals surface area contributed by atoms with E-state index in [1.807, 2.05) is 0 Å². The van der Waals surface area contributed by atoms with Gasteiger partial charge in [0.2, 0.25) is 0 Å². The van der Waals surface area contributed by atoms with Gasteiger partial charge in [-0.2, -0.15) is 0 Å². The van der Waals surface area contributed by atoms with Crippen LogP contribution in [0.1, 0.15) is 18.6 Å². The summed E-state index contributed by atoms with van der Waals surface area (Å²) in [6, 6.07) is 8.62. The lowest BCUT2D eigenvalue weighted by Gasteiger charge is -2.08. The summed E-state index contributed by atoms with van der Waals surface area (Å²) in [6.07, 6.45) is -0.102. The van der Waals surface area contributed by atoms with E-state index in [0.29, 0.717) is 12.2 Å². The Kier molecular flexibility index (Phi) is 5.01. The van der Waals surface area contributed by atoms with E-state index in [1.165, 1.54) is 0 Å². The van der Waals surface area contributed by atoms with Crippen molar-refractivity contribution in [1.29, 1.82) is 0 Å². The number of aliphatic hydroxyl groups excluding tert-OH is 1. The highest BCUT2D eigenvalue weighted by molar-refractivity contribution is 5.82. The second-order valence-corrected chi connectivity index (χ2v) is 2.98. The zero-order valence-electron chi connectivity index (χ0n) is 8.96. The van der Waals surface area contributed by atoms with E-state index < -0.39 is 12.0 Å². The Balaban J connectivity index is 2.48. The maximum absolute atomic E-state index is 11.4. The van der Waals surface area contributed by atoms with Gasteiger partial charge in [0, 0.05) is 0 Å². The molecule has 0 radical (unpaired) electrons. The molecule has 1 aromatic carbocycles. The Morgan fingerprint density at radius 3 is 2.88 bits per heavy atom. The monoisotopic (exact) mass is 222 g/mol. The van der Waals surface area contributed by atoms with Gasteiger partial charge in [-0.3, -0.25) is 4.79 Å². The fourth-order valence-electron chi connectivity index (χ4n) is 1.05. The molecular weight excluding hydrogens is 208 g/mol. The molecule has 0 bridgehead atoms. The minimum atomic E-state index is -1.22. The summed E-state index contributed by atoms with van der Waals surface area (Å²) in [6.45, 7) is 2.27. The molecular formula is C11H14N2O3. The number of carbonyl (C=O) groups excluding carboxylic acids is 1. The second-order valence-electron chi connectivity index (χ2n) is 2.98. The van der Waals surface area contributed by atoms with Crippen LogP contribution in [0.15, 0.2) is 35.4 Å². The molecule has 1 aromatic rings. The lowest BCUT2D eigenvalue weighted by Crippen LogP contribution is -2.25. The quantitative estimate of drug-likeness (QED) is 0.440. The summed E-state index contributed by atoms with van der Waals surface area (Å²) in [5, 5.41) is 13.1. The van der Waals surface area contributed by atoms with E-state index in [9.17, 15) is 9.90 Å². The van der Waals surface area contributed by atoms with E-state index in [2.05, 4.69) is 10.5 Å². The highest BCUT2D eigenvalue weighted by Crippen LogP contribution is 2.11. The molecule has 0 aliphatic rings. The number of benzene rings is 1. The minimum Gasteiger partial charge on any atom is -0.482 e. The molecule has 2 N–H and O–H groups in total. The SMILES string of the molecule is CCO/C=N/NC(=O)C(O)c1ccccc1. The number of rotatable bonds is 5. The van der Waals surface area contributed by atoms with Gasteiger partial charge in [0.15, 0.2) is 12.5 Å². The Hall–Kier alpha value is -1.88. The van der Waals surface area contributed by atoms with Gasteiger partial charge in [0.1, 0.15) is 0 Å². The number of hydrazone groups is 1. The molecule has 0 aromatic heterocycles. The third-order valence-corrected chi connectivity index (χ3v) is 1.83. The molecule has 0 saturated heterocycles. The van der Waals surface area contributed by atoms with Crippen molar-refractivity contribution in [3.8, 4) is 0 Å². The van der Waals surface area contributed by atoms with Gasteiger partial charge in [-0.1, -0.05) is 30.3 Å². The number of ether oxygens (including phenoxy) is 1. The highest BCUT2D eigenvalue weighted by Gasteiger charge is 2.15. The van der Waals surface area contributed by atoms with Gasteiger partial charge in [0.25, 0.3) is 5.91 Å². The van der Waals surface area contributed by atoms with Crippen LogP contribution in [0.4, 0.5) is 0 Å². The molecule has 0 saturated carbocycles. The first-order chi connectivity index (χ1) is 7.75. The van der Waals surface area contributed by atoms with Crippen molar-refractivity contribution in [1.82, 2.24) is 5.43 Å². The number of nitrogens with one attached hydrogen (secondary N) is 1. The molecule has 1 atom stereocenters. The summed E-state index contributed by atoms with van der Waals surface area (Å²) < 4.78 is 4.78. The van der Waals surface area contributed by atoms with E-state index in [4.69, 9.17) is 4.74 Å². The van der Waals surface area contributed by atoms with Crippen LogP contribution < -0.4 is 5.43 Å². The van der Waals surface area contributed by atoms with Crippen molar-refractivity contribution >= 4 is 12.3 Å². The molecule has 0 fully saturated rings. The third-order valence-electron chi connectivity index (χ3n) is 1.83. The van der Waals surface area contributed by atoms with E-state index in [1.54, 1.807) is 37.3 Å². The predicted molar refractivity (Wildman–Crippen MR) is 59.7 cm³/mol.